The van der Waals surface area contributed by atoms with Gasteiger partial charge in [-0.3, -0.25) is 14.7 Å². The summed E-state index contributed by atoms with van der Waals surface area (Å²) in [5, 5.41) is 4.11. The van der Waals surface area contributed by atoms with E-state index in [0.717, 1.165) is 35.2 Å². The number of nitrogens with one attached hydrogen (secondary N) is 1. The maximum atomic E-state index is 13.1. The SMILES string of the molecule is CO[C@@H]1CN(C(C)C)C[C@H]1NC(=O)c1cc(C)nc2c(C)c(C)ccc12. The summed E-state index contributed by atoms with van der Waals surface area (Å²) in [5.41, 5.74) is 4.77. The first-order chi connectivity index (χ1) is 12.3. The fourth-order valence-corrected chi connectivity index (χ4v) is 3.69. The number of methoxy groups -OCH3 is 1. The molecular formula is C21H29N3O2. The first kappa shape index (κ1) is 18.8. The molecule has 1 aliphatic heterocycles. The van der Waals surface area contributed by atoms with E-state index in [1.165, 1.54) is 5.56 Å². The zero-order valence-electron chi connectivity index (χ0n) is 16.6. The van der Waals surface area contributed by atoms with Crippen LogP contribution in [0.2, 0.25) is 0 Å². The number of nitrogens with zero attached hydrogens (tertiary/aromatic N) is 2. The minimum atomic E-state index is -0.0543. The molecule has 0 radical (unpaired) electrons. The van der Waals surface area contributed by atoms with Crippen molar-refractivity contribution in [2.45, 2.75) is 52.8 Å². The van der Waals surface area contributed by atoms with Gasteiger partial charge in [0, 0.05) is 37.3 Å². The van der Waals surface area contributed by atoms with Gasteiger partial charge >= 0.3 is 0 Å². The fourth-order valence-electron chi connectivity index (χ4n) is 3.69. The summed E-state index contributed by atoms with van der Waals surface area (Å²) in [5.74, 6) is -0.0543. The second-order valence-electron chi connectivity index (χ2n) is 7.62. The molecule has 1 aromatic carbocycles. The Morgan fingerprint density at radius 2 is 2.00 bits per heavy atom. The Morgan fingerprint density at radius 1 is 1.27 bits per heavy atom. The molecule has 0 spiro atoms. The number of hydrogen-bond acceptors (Lipinski definition) is 4. The monoisotopic (exact) mass is 355 g/mol. The summed E-state index contributed by atoms with van der Waals surface area (Å²) in [6, 6.07) is 6.36. The Morgan fingerprint density at radius 3 is 2.65 bits per heavy atom. The highest BCUT2D eigenvalue weighted by molar-refractivity contribution is 6.07. The van der Waals surface area contributed by atoms with Gasteiger partial charge in [0.1, 0.15) is 0 Å². The van der Waals surface area contributed by atoms with Gasteiger partial charge in [0.05, 0.1) is 23.2 Å². The van der Waals surface area contributed by atoms with Crippen molar-refractivity contribution in [1.82, 2.24) is 15.2 Å². The minimum Gasteiger partial charge on any atom is -0.378 e. The normalized spacial score (nSPS) is 20.9. The van der Waals surface area contributed by atoms with E-state index in [-0.39, 0.29) is 18.1 Å². The summed E-state index contributed by atoms with van der Waals surface area (Å²) in [4.78, 5) is 20.1. The number of amides is 1. The van der Waals surface area contributed by atoms with E-state index in [2.05, 4.69) is 49.0 Å². The van der Waals surface area contributed by atoms with Crippen molar-refractivity contribution in [3.63, 3.8) is 0 Å². The molecule has 5 nitrogen and oxygen atoms in total. The zero-order chi connectivity index (χ0) is 19.0. The number of aryl methyl sites for hydroxylation is 3. The molecular weight excluding hydrogens is 326 g/mol. The van der Waals surface area contributed by atoms with Crippen molar-refractivity contribution in [3.8, 4) is 0 Å². The van der Waals surface area contributed by atoms with Crippen molar-refractivity contribution in [2.75, 3.05) is 20.2 Å². The molecule has 2 atom stereocenters. The average Bonchev–Trinajstić information content (AvgIpc) is 3.01. The number of pyridine rings is 1. The maximum Gasteiger partial charge on any atom is 0.252 e. The fraction of sp³-hybridized carbons (Fsp3) is 0.524. The first-order valence-corrected chi connectivity index (χ1v) is 9.27. The quantitative estimate of drug-likeness (QED) is 0.916. The first-order valence-electron chi connectivity index (χ1n) is 9.27. The third-order valence-corrected chi connectivity index (χ3v) is 5.52. The van der Waals surface area contributed by atoms with E-state index in [0.29, 0.717) is 11.6 Å². The maximum absolute atomic E-state index is 13.1. The molecule has 2 heterocycles. The summed E-state index contributed by atoms with van der Waals surface area (Å²) >= 11 is 0. The van der Waals surface area contributed by atoms with Crippen molar-refractivity contribution >= 4 is 16.8 Å². The van der Waals surface area contributed by atoms with Crippen LogP contribution in [0.25, 0.3) is 10.9 Å². The molecule has 26 heavy (non-hydrogen) atoms. The number of likely N-dealkylation sites (tertiary alicyclic amines) is 1. The highest BCUT2D eigenvalue weighted by Gasteiger charge is 2.35. The van der Waals surface area contributed by atoms with Crippen LogP contribution in [-0.2, 0) is 4.74 Å². The molecule has 5 heteroatoms. The minimum absolute atomic E-state index is 0.00929. The molecule has 1 saturated heterocycles. The van der Waals surface area contributed by atoms with Crippen molar-refractivity contribution in [2.24, 2.45) is 0 Å². The van der Waals surface area contributed by atoms with Crippen molar-refractivity contribution in [1.29, 1.82) is 0 Å². The molecule has 1 amide bonds. The Bertz CT molecular complexity index is 832. The van der Waals surface area contributed by atoms with E-state index >= 15 is 0 Å². The lowest BCUT2D eigenvalue weighted by molar-refractivity contribution is 0.0754. The molecule has 0 saturated carbocycles. The van der Waals surface area contributed by atoms with Crippen LogP contribution in [-0.4, -0.2) is 54.2 Å². The predicted octanol–water partition coefficient (Wildman–Crippen LogP) is 3.00. The van der Waals surface area contributed by atoms with Gasteiger partial charge in [0.15, 0.2) is 0 Å². The van der Waals surface area contributed by atoms with E-state index < -0.39 is 0 Å². The lowest BCUT2D eigenvalue weighted by atomic mass is 10.0. The highest BCUT2D eigenvalue weighted by Crippen LogP contribution is 2.24. The third-order valence-electron chi connectivity index (χ3n) is 5.52. The Balaban J connectivity index is 1.92. The van der Waals surface area contributed by atoms with Crippen LogP contribution < -0.4 is 5.32 Å². The lowest BCUT2D eigenvalue weighted by Crippen LogP contribution is -2.43. The molecule has 3 rings (SSSR count). The van der Waals surface area contributed by atoms with Crippen LogP contribution in [0.5, 0.6) is 0 Å². The summed E-state index contributed by atoms with van der Waals surface area (Å²) in [7, 11) is 1.71. The van der Waals surface area contributed by atoms with Crippen molar-refractivity contribution in [3.05, 3.63) is 40.6 Å². The Labute approximate surface area is 155 Å². The third kappa shape index (κ3) is 3.46. The number of ether oxygens (including phenoxy) is 1. The molecule has 1 aliphatic rings. The van der Waals surface area contributed by atoms with Crippen LogP contribution in [0.15, 0.2) is 18.2 Å². The number of carbonyl (C=O) groups is 1. The van der Waals surface area contributed by atoms with Gasteiger partial charge in [-0.05, 0) is 51.8 Å². The van der Waals surface area contributed by atoms with Gasteiger partial charge < -0.3 is 10.1 Å². The molecule has 2 aromatic rings. The van der Waals surface area contributed by atoms with Gasteiger partial charge in [0.2, 0.25) is 0 Å². The molecule has 1 N–H and O–H groups in total. The smallest absolute Gasteiger partial charge is 0.252 e. The number of benzene rings is 1. The van der Waals surface area contributed by atoms with Gasteiger partial charge in [-0.15, -0.1) is 0 Å². The van der Waals surface area contributed by atoms with Crippen LogP contribution in [0, 0.1) is 20.8 Å². The topological polar surface area (TPSA) is 54.5 Å². The van der Waals surface area contributed by atoms with Gasteiger partial charge in [-0.1, -0.05) is 12.1 Å². The second kappa shape index (κ2) is 7.33. The number of rotatable bonds is 4. The predicted molar refractivity (Wildman–Crippen MR) is 105 cm³/mol. The number of aromatic nitrogens is 1. The number of carbonyl (C=O) groups excluding carboxylic acids is 1. The van der Waals surface area contributed by atoms with E-state index in [1.807, 2.05) is 19.1 Å². The highest BCUT2D eigenvalue weighted by atomic mass is 16.5. The van der Waals surface area contributed by atoms with Crippen LogP contribution >= 0.6 is 0 Å². The molecule has 0 bridgehead atoms. The largest absolute Gasteiger partial charge is 0.378 e. The van der Waals surface area contributed by atoms with Crippen LogP contribution in [0.3, 0.4) is 0 Å². The molecule has 140 valence electrons. The summed E-state index contributed by atoms with van der Waals surface area (Å²) in [6.07, 6.45) is 0.0135. The van der Waals surface area contributed by atoms with Crippen molar-refractivity contribution < 1.29 is 9.53 Å². The van der Waals surface area contributed by atoms with E-state index in [9.17, 15) is 4.79 Å². The average molecular weight is 355 g/mol. The number of fused-ring (bicyclic) bond motifs is 1. The molecule has 0 aliphatic carbocycles. The van der Waals surface area contributed by atoms with Gasteiger partial charge in [0.25, 0.3) is 5.91 Å². The molecule has 1 fully saturated rings. The van der Waals surface area contributed by atoms with E-state index in [1.54, 1.807) is 7.11 Å². The van der Waals surface area contributed by atoms with Gasteiger partial charge in [-0.25, -0.2) is 0 Å². The van der Waals surface area contributed by atoms with Crippen LogP contribution in [0.4, 0.5) is 0 Å². The standard InChI is InChI=1S/C21H29N3O2/c1-12(2)24-10-18(19(11-24)26-6)23-21(25)17-9-14(4)22-20-15(5)13(3)7-8-16(17)20/h7-9,12,18-19H,10-11H2,1-6H3,(H,23,25)/t18-,19-/m1/s1. The molecule has 0 unspecified atom stereocenters. The summed E-state index contributed by atoms with van der Waals surface area (Å²) in [6.45, 7) is 12.1. The Hall–Kier alpha value is -1.98. The number of hydrogen-bond donors (Lipinski definition) is 1. The van der Waals surface area contributed by atoms with Crippen LogP contribution in [0.1, 0.15) is 41.0 Å². The van der Waals surface area contributed by atoms with Gasteiger partial charge in [-0.2, -0.15) is 0 Å². The lowest BCUT2D eigenvalue weighted by Gasteiger charge is -2.20. The zero-order valence-corrected chi connectivity index (χ0v) is 16.6. The summed E-state index contributed by atoms with van der Waals surface area (Å²) < 4.78 is 5.62. The second-order valence-corrected chi connectivity index (χ2v) is 7.62. The van der Waals surface area contributed by atoms with E-state index in [4.69, 9.17) is 4.74 Å². The molecule has 1 aromatic heterocycles. The Kier molecular flexibility index (Phi) is 5.30.